The average Bonchev–Trinajstić information content (AvgIpc) is 2.74. The highest BCUT2D eigenvalue weighted by Gasteiger charge is 2.06. The second-order valence-electron chi connectivity index (χ2n) is 4.89. The Morgan fingerprint density at radius 1 is 1.37 bits per heavy atom. The molecule has 0 saturated heterocycles. The van der Waals surface area contributed by atoms with Crippen molar-refractivity contribution in [1.82, 2.24) is 20.1 Å². The molecule has 1 heterocycles. The minimum atomic E-state index is 0.507. The van der Waals surface area contributed by atoms with E-state index in [1.807, 2.05) is 7.05 Å². The Balaban J connectivity index is 2.08. The summed E-state index contributed by atoms with van der Waals surface area (Å²) in [7, 11) is 1.91. The van der Waals surface area contributed by atoms with E-state index < -0.39 is 0 Å². The van der Waals surface area contributed by atoms with Gasteiger partial charge in [-0.3, -0.25) is 0 Å². The number of aryl methyl sites for hydroxylation is 2. The van der Waals surface area contributed by atoms with Crippen LogP contribution >= 0.6 is 11.8 Å². The highest BCUT2D eigenvalue weighted by Crippen LogP contribution is 2.26. The van der Waals surface area contributed by atoms with Crippen molar-refractivity contribution >= 4 is 11.8 Å². The summed E-state index contributed by atoms with van der Waals surface area (Å²) in [5.74, 6) is 0. The lowest BCUT2D eigenvalue weighted by Gasteiger charge is -2.11. The van der Waals surface area contributed by atoms with E-state index >= 15 is 0 Å². The van der Waals surface area contributed by atoms with Crippen molar-refractivity contribution in [1.29, 1.82) is 0 Å². The second-order valence-corrected chi connectivity index (χ2v) is 5.93. The van der Waals surface area contributed by atoms with Crippen LogP contribution in [0.4, 0.5) is 0 Å². The van der Waals surface area contributed by atoms with Crippen molar-refractivity contribution in [3.63, 3.8) is 0 Å². The standard InChI is InChI=1S/C14H20N4S/c1-10(2)15-8-12-5-6-13(7-11(12)3)19-14-16-9-17-18(14)4/h5-7,9-10,15H,8H2,1-4H3. The molecule has 102 valence electrons. The van der Waals surface area contributed by atoms with Crippen LogP contribution in [0.1, 0.15) is 25.0 Å². The van der Waals surface area contributed by atoms with Crippen LogP contribution in [0.25, 0.3) is 0 Å². The lowest BCUT2D eigenvalue weighted by atomic mass is 10.1. The van der Waals surface area contributed by atoms with Crippen molar-refractivity contribution in [2.45, 2.75) is 43.4 Å². The minimum absolute atomic E-state index is 0.507. The van der Waals surface area contributed by atoms with Gasteiger partial charge in [-0.05, 0) is 30.2 Å². The molecule has 0 atom stereocenters. The molecule has 0 radical (unpaired) electrons. The smallest absolute Gasteiger partial charge is 0.190 e. The molecule has 19 heavy (non-hydrogen) atoms. The summed E-state index contributed by atoms with van der Waals surface area (Å²) in [6, 6.07) is 7.04. The van der Waals surface area contributed by atoms with Crippen molar-refractivity contribution < 1.29 is 0 Å². The largest absolute Gasteiger partial charge is 0.310 e. The lowest BCUT2D eigenvalue weighted by Crippen LogP contribution is -2.22. The van der Waals surface area contributed by atoms with Crippen LogP contribution in [0.15, 0.2) is 34.6 Å². The number of hydrogen-bond acceptors (Lipinski definition) is 4. The molecule has 1 aromatic heterocycles. The summed E-state index contributed by atoms with van der Waals surface area (Å²) in [5, 5.41) is 8.43. The first-order valence-electron chi connectivity index (χ1n) is 6.41. The molecule has 0 spiro atoms. The van der Waals surface area contributed by atoms with E-state index in [-0.39, 0.29) is 0 Å². The number of nitrogens with one attached hydrogen (secondary N) is 1. The molecular formula is C14H20N4S. The molecule has 0 aliphatic heterocycles. The Morgan fingerprint density at radius 3 is 2.74 bits per heavy atom. The summed E-state index contributed by atoms with van der Waals surface area (Å²) < 4.78 is 1.79. The summed E-state index contributed by atoms with van der Waals surface area (Å²) in [6.45, 7) is 7.39. The van der Waals surface area contributed by atoms with Crippen LogP contribution in [-0.4, -0.2) is 20.8 Å². The van der Waals surface area contributed by atoms with Crippen LogP contribution in [0.2, 0.25) is 0 Å². The summed E-state index contributed by atoms with van der Waals surface area (Å²) in [4.78, 5) is 5.42. The van der Waals surface area contributed by atoms with E-state index in [1.165, 1.54) is 16.0 Å². The third-order valence-electron chi connectivity index (χ3n) is 2.89. The van der Waals surface area contributed by atoms with Crippen molar-refractivity contribution in [3.05, 3.63) is 35.7 Å². The van der Waals surface area contributed by atoms with E-state index in [0.29, 0.717) is 6.04 Å². The van der Waals surface area contributed by atoms with Crippen molar-refractivity contribution in [2.24, 2.45) is 7.05 Å². The second kappa shape index (κ2) is 6.21. The molecule has 2 aromatic rings. The minimum Gasteiger partial charge on any atom is -0.310 e. The molecule has 2 rings (SSSR count). The van der Waals surface area contributed by atoms with Gasteiger partial charge < -0.3 is 5.32 Å². The SMILES string of the molecule is Cc1cc(Sc2ncnn2C)ccc1CNC(C)C. The van der Waals surface area contributed by atoms with Crippen LogP contribution in [0.3, 0.4) is 0 Å². The van der Waals surface area contributed by atoms with E-state index in [2.05, 4.69) is 54.4 Å². The zero-order valence-electron chi connectivity index (χ0n) is 11.8. The summed E-state index contributed by atoms with van der Waals surface area (Å²) in [6.07, 6.45) is 1.58. The molecular weight excluding hydrogens is 256 g/mol. The molecule has 0 unspecified atom stereocenters. The maximum Gasteiger partial charge on any atom is 0.190 e. The average molecular weight is 276 g/mol. The van der Waals surface area contributed by atoms with Crippen LogP contribution in [0.5, 0.6) is 0 Å². The fraction of sp³-hybridized carbons (Fsp3) is 0.429. The van der Waals surface area contributed by atoms with Gasteiger partial charge in [0.05, 0.1) is 0 Å². The third kappa shape index (κ3) is 3.81. The first kappa shape index (κ1) is 14.1. The molecule has 0 aliphatic carbocycles. The van der Waals surface area contributed by atoms with Gasteiger partial charge in [-0.25, -0.2) is 9.67 Å². The van der Waals surface area contributed by atoms with Gasteiger partial charge in [-0.2, -0.15) is 5.10 Å². The van der Waals surface area contributed by atoms with E-state index in [0.717, 1.165) is 11.7 Å². The van der Waals surface area contributed by atoms with Gasteiger partial charge in [0, 0.05) is 24.5 Å². The molecule has 1 aromatic carbocycles. The Bertz CT molecular complexity index is 548. The predicted molar refractivity (Wildman–Crippen MR) is 78.3 cm³/mol. The van der Waals surface area contributed by atoms with Gasteiger partial charge in [0.25, 0.3) is 0 Å². The molecule has 0 saturated carbocycles. The molecule has 0 fully saturated rings. The number of rotatable bonds is 5. The van der Waals surface area contributed by atoms with E-state index in [4.69, 9.17) is 0 Å². The lowest BCUT2D eigenvalue weighted by molar-refractivity contribution is 0.587. The maximum atomic E-state index is 4.23. The topological polar surface area (TPSA) is 42.7 Å². The molecule has 0 amide bonds. The first-order valence-corrected chi connectivity index (χ1v) is 7.22. The van der Waals surface area contributed by atoms with E-state index in [9.17, 15) is 0 Å². The monoisotopic (exact) mass is 276 g/mol. The Hall–Kier alpha value is -1.33. The number of aromatic nitrogens is 3. The highest BCUT2D eigenvalue weighted by atomic mass is 32.2. The molecule has 5 heteroatoms. The quantitative estimate of drug-likeness (QED) is 0.912. The van der Waals surface area contributed by atoms with Crippen LogP contribution < -0.4 is 5.32 Å². The molecule has 1 N–H and O–H groups in total. The highest BCUT2D eigenvalue weighted by molar-refractivity contribution is 7.99. The fourth-order valence-electron chi connectivity index (χ4n) is 1.73. The maximum absolute atomic E-state index is 4.23. The number of nitrogens with zero attached hydrogens (tertiary/aromatic N) is 3. The number of hydrogen-bond donors (Lipinski definition) is 1. The van der Waals surface area contributed by atoms with Gasteiger partial charge in [-0.1, -0.05) is 31.7 Å². The number of benzene rings is 1. The Morgan fingerprint density at radius 2 is 2.16 bits per heavy atom. The van der Waals surface area contributed by atoms with Crippen LogP contribution in [-0.2, 0) is 13.6 Å². The normalized spacial score (nSPS) is 11.2. The first-order chi connectivity index (χ1) is 9.06. The molecule has 4 nitrogen and oxygen atoms in total. The van der Waals surface area contributed by atoms with Crippen molar-refractivity contribution in [3.8, 4) is 0 Å². The van der Waals surface area contributed by atoms with Gasteiger partial charge >= 0.3 is 0 Å². The molecule has 0 bridgehead atoms. The van der Waals surface area contributed by atoms with Crippen LogP contribution in [0, 0.1) is 6.92 Å². The van der Waals surface area contributed by atoms with Gasteiger partial charge in [-0.15, -0.1) is 0 Å². The van der Waals surface area contributed by atoms with Gasteiger partial charge in [0.2, 0.25) is 0 Å². The zero-order chi connectivity index (χ0) is 13.8. The fourth-order valence-corrected chi connectivity index (χ4v) is 2.59. The molecule has 0 aliphatic rings. The summed E-state index contributed by atoms with van der Waals surface area (Å²) >= 11 is 1.64. The van der Waals surface area contributed by atoms with E-state index in [1.54, 1.807) is 22.8 Å². The Labute approximate surface area is 118 Å². The Kier molecular flexibility index (Phi) is 4.61. The van der Waals surface area contributed by atoms with Gasteiger partial charge in [0.15, 0.2) is 5.16 Å². The summed E-state index contributed by atoms with van der Waals surface area (Å²) in [5.41, 5.74) is 2.65. The predicted octanol–water partition coefficient (Wildman–Crippen LogP) is 2.77. The van der Waals surface area contributed by atoms with Crippen molar-refractivity contribution in [2.75, 3.05) is 0 Å². The third-order valence-corrected chi connectivity index (χ3v) is 3.94. The zero-order valence-corrected chi connectivity index (χ0v) is 12.7. The van der Waals surface area contributed by atoms with Gasteiger partial charge in [0.1, 0.15) is 6.33 Å².